The minimum atomic E-state index is 0.184. The van der Waals surface area contributed by atoms with Crippen LogP contribution in [-0.4, -0.2) is 29.6 Å². The van der Waals surface area contributed by atoms with Crippen LogP contribution in [0, 0.1) is 5.41 Å². The SMILES string of the molecule is CCN(CC)C(CC)(CC)C(CCC(C)(C)C)NN. The second-order valence-corrected chi connectivity index (χ2v) is 6.80. The Morgan fingerprint density at radius 1 is 1.00 bits per heavy atom. The van der Waals surface area contributed by atoms with Crippen molar-refractivity contribution in [3.8, 4) is 0 Å². The first-order chi connectivity index (χ1) is 8.81. The molecule has 3 N–H and O–H groups in total. The summed E-state index contributed by atoms with van der Waals surface area (Å²) in [5.41, 5.74) is 3.68. The molecule has 3 heteroatoms. The third-order valence-electron chi connectivity index (χ3n) is 4.65. The summed E-state index contributed by atoms with van der Waals surface area (Å²) < 4.78 is 0. The molecule has 0 rings (SSSR count). The lowest BCUT2D eigenvalue weighted by atomic mass is 9.77. The highest BCUT2D eigenvalue weighted by atomic mass is 15.3. The van der Waals surface area contributed by atoms with Crippen molar-refractivity contribution in [2.45, 2.75) is 85.7 Å². The Hall–Kier alpha value is -0.120. The zero-order valence-electron chi connectivity index (χ0n) is 14.3. The molecule has 0 fully saturated rings. The first-order valence-electron chi connectivity index (χ1n) is 8.02. The van der Waals surface area contributed by atoms with Crippen molar-refractivity contribution in [3.63, 3.8) is 0 Å². The molecule has 1 atom stereocenters. The van der Waals surface area contributed by atoms with E-state index in [-0.39, 0.29) is 5.54 Å². The van der Waals surface area contributed by atoms with E-state index in [1.165, 1.54) is 6.42 Å². The Kier molecular flexibility index (Phi) is 8.18. The highest BCUT2D eigenvalue weighted by molar-refractivity contribution is 4.98. The highest BCUT2D eigenvalue weighted by Gasteiger charge is 2.39. The van der Waals surface area contributed by atoms with Crippen molar-refractivity contribution < 1.29 is 0 Å². The van der Waals surface area contributed by atoms with Crippen molar-refractivity contribution in [2.24, 2.45) is 11.3 Å². The smallest absolute Gasteiger partial charge is 0.0394 e. The summed E-state index contributed by atoms with van der Waals surface area (Å²) in [7, 11) is 0. The topological polar surface area (TPSA) is 41.3 Å². The number of hydrogen-bond acceptors (Lipinski definition) is 3. The van der Waals surface area contributed by atoms with E-state index in [1.807, 2.05) is 0 Å². The maximum Gasteiger partial charge on any atom is 0.0394 e. The molecule has 1 unspecified atom stereocenters. The Morgan fingerprint density at radius 3 is 1.74 bits per heavy atom. The summed E-state index contributed by atoms with van der Waals surface area (Å²) in [4.78, 5) is 2.58. The Morgan fingerprint density at radius 2 is 1.47 bits per heavy atom. The number of hydrazine groups is 1. The number of nitrogens with two attached hydrogens (primary N) is 1. The number of rotatable bonds is 9. The molecule has 19 heavy (non-hydrogen) atoms. The maximum absolute atomic E-state index is 5.91. The predicted molar refractivity (Wildman–Crippen MR) is 86.0 cm³/mol. The highest BCUT2D eigenvalue weighted by Crippen LogP contribution is 2.32. The van der Waals surface area contributed by atoms with Gasteiger partial charge >= 0.3 is 0 Å². The van der Waals surface area contributed by atoms with Crippen LogP contribution in [0.25, 0.3) is 0 Å². The summed E-state index contributed by atoms with van der Waals surface area (Å²) in [6.07, 6.45) is 4.62. The van der Waals surface area contributed by atoms with Crippen molar-refractivity contribution >= 4 is 0 Å². The molecule has 0 spiro atoms. The normalized spacial score (nSPS) is 15.0. The zero-order valence-corrected chi connectivity index (χ0v) is 14.3. The van der Waals surface area contributed by atoms with E-state index in [1.54, 1.807) is 0 Å². The molecule has 0 aliphatic rings. The van der Waals surface area contributed by atoms with Crippen molar-refractivity contribution in [1.82, 2.24) is 10.3 Å². The van der Waals surface area contributed by atoms with Gasteiger partial charge in [-0.2, -0.15) is 0 Å². The summed E-state index contributed by atoms with van der Waals surface area (Å²) in [6.45, 7) is 18.2. The monoisotopic (exact) mass is 271 g/mol. The molecule has 0 aliphatic carbocycles. The third-order valence-corrected chi connectivity index (χ3v) is 4.65. The first-order valence-corrected chi connectivity index (χ1v) is 8.02. The van der Waals surface area contributed by atoms with E-state index >= 15 is 0 Å². The standard InChI is InChI=1S/C16H37N3/c1-8-16(9-2,19(10-3)11-4)14(18-17)12-13-15(5,6)7/h14,18H,8-13,17H2,1-7H3. The number of likely N-dealkylation sites (N-methyl/N-ethyl adjacent to an activating group) is 1. The van der Waals surface area contributed by atoms with Crippen LogP contribution < -0.4 is 11.3 Å². The van der Waals surface area contributed by atoms with Crippen molar-refractivity contribution in [3.05, 3.63) is 0 Å². The van der Waals surface area contributed by atoms with Gasteiger partial charge in [-0.1, -0.05) is 48.5 Å². The molecule has 0 amide bonds. The summed E-state index contributed by atoms with van der Waals surface area (Å²) >= 11 is 0. The molecule has 0 heterocycles. The molecular formula is C16H37N3. The van der Waals surface area contributed by atoms with E-state index in [0.29, 0.717) is 11.5 Å². The van der Waals surface area contributed by atoms with Gasteiger partial charge in [0.2, 0.25) is 0 Å². The van der Waals surface area contributed by atoms with E-state index < -0.39 is 0 Å². The fraction of sp³-hybridized carbons (Fsp3) is 1.00. The molecular weight excluding hydrogens is 234 g/mol. The largest absolute Gasteiger partial charge is 0.297 e. The predicted octanol–water partition coefficient (Wildman–Crippen LogP) is 3.55. The fourth-order valence-electron chi connectivity index (χ4n) is 3.35. The van der Waals surface area contributed by atoms with Crippen LogP contribution in [0.1, 0.15) is 74.1 Å². The average Bonchev–Trinajstić information content (AvgIpc) is 2.36. The van der Waals surface area contributed by atoms with Gasteiger partial charge in [-0.25, -0.2) is 0 Å². The van der Waals surface area contributed by atoms with Gasteiger partial charge in [-0.05, 0) is 44.2 Å². The van der Waals surface area contributed by atoms with E-state index in [0.717, 1.165) is 32.4 Å². The molecule has 0 saturated carbocycles. The van der Waals surface area contributed by atoms with E-state index in [4.69, 9.17) is 5.84 Å². The maximum atomic E-state index is 5.91. The van der Waals surface area contributed by atoms with Crippen LogP contribution in [0.4, 0.5) is 0 Å². The minimum absolute atomic E-state index is 0.184. The van der Waals surface area contributed by atoms with Gasteiger partial charge in [-0.15, -0.1) is 0 Å². The van der Waals surface area contributed by atoms with Gasteiger partial charge in [0, 0.05) is 11.6 Å². The molecule has 0 radical (unpaired) electrons. The molecule has 0 aromatic heterocycles. The lowest BCUT2D eigenvalue weighted by Crippen LogP contribution is -2.62. The lowest BCUT2D eigenvalue weighted by molar-refractivity contribution is 0.0420. The van der Waals surface area contributed by atoms with Crippen molar-refractivity contribution in [2.75, 3.05) is 13.1 Å². The molecule has 0 aliphatic heterocycles. The second-order valence-electron chi connectivity index (χ2n) is 6.80. The molecule has 3 nitrogen and oxygen atoms in total. The van der Waals surface area contributed by atoms with Crippen LogP contribution in [0.15, 0.2) is 0 Å². The summed E-state index contributed by atoms with van der Waals surface area (Å²) in [5, 5.41) is 0. The fourth-order valence-corrected chi connectivity index (χ4v) is 3.35. The van der Waals surface area contributed by atoms with E-state index in [2.05, 4.69) is 58.8 Å². The van der Waals surface area contributed by atoms with Gasteiger partial charge < -0.3 is 0 Å². The molecule has 0 aromatic rings. The van der Waals surface area contributed by atoms with Crippen LogP contribution in [0.2, 0.25) is 0 Å². The summed E-state index contributed by atoms with van der Waals surface area (Å²) in [6, 6.07) is 0.363. The minimum Gasteiger partial charge on any atom is -0.297 e. The zero-order chi connectivity index (χ0) is 15.1. The van der Waals surface area contributed by atoms with Crippen molar-refractivity contribution in [1.29, 1.82) is 0 Å². The average molecular weight is 271 g/mol. The Balaban J connectivity index is 5.08. The third kappa shape index (κ3) is 5.05. The second kappa shape index (κ2) is 8.23. The molecule has 0 bridgehead atoms. The summed E-state index contributed by atoms with van der Waals surface area (Å²) in [5.74, 6) is 5.91. The number of nitrogens with zero attached hydrogens (tertiary/aromatic N) is 1. The van der Waals surface area contributed by atoms with E-state index in [9.17, 15) is 0 Å². The molecule has 0 aromatic carbocycles. The molecule has 116 valence electrons. The van der Waals surface area contributed by atoms with Crippen LogP contribution in [0.3, 0.4) is 0 Å². The lowest BCUT2D eigenvalue weighted by Gasteiger charge is -2.48. The van der Waals surface area contributed by atoms with Gasteiger partial charge in [0.25, 0.3) is 0 Å². The molecule has 0 saturated heterocycles. The van der Waals surface area contributed by atoms with Gasteiger partial charge in [0.05, 0.1) is 0 Å². The quantitative estimate of drug-likeness (QED) is 0.498. The van der Waals surface area contributed by atoms with Crippen LogP contribution in [0.5, 0.6) is 0 Å². The Labute approximate surface area is 121 Å². The number of nitrogens with one attached hydrogen (secondary N) is 1. The van der Waals surface area contributed by atoms with Crippen LogP contribution >= 0.6 is 0 Å². The van der Waals surface area contributed by atoms with Crippen LogP contribution in [-0.2, 0) is 0 Å². The van der Waals surface area contributed by atoms with Gasteiger partial charge in [0.15, 0.2) is 0 Å². The Bertz CT molecular complexity index is 225. The van der Waals surface area contributed by atoms with Gasteiger partial charge in [0.1, 0.15) is 0 Å². The van der Waals surface area contributed by atoms with Gasteiger partial charge in [-0.3, -0.25) is 16.2 Å². The first kappa shape index (κ1) is 18.9. The number of hydrogen-bond donors (Lipinski definition) is 2.